The number of methoxy groups -OCH3 is 1. The molecule has 5 rings (SSSR count). The molecule has 2 N–H and O–H groups in total. The Hall–Kier alpha value is -3.78. The second kappa shape index (κ2) is 8.87. The number of carbonyl (C=O) groups excluding carboxylic acids is 1. The van der Waals surface area contributed by atoms with Crippen molar-refractivity contribution in [1.82, 2.24) is 4.98 Å². The number of hydrogen-bond acceptors (Lipinski definition) is 6. The minimum atomic E-state index is -0.920. The average molecular weight is 477 g/mol. The van der Waals surface area contributed by atoms with Crippen LogP contribution >= 0.6 is 11.3 Å². The molecular weight excluding hydrogens is 455 g/mol. The second-order valence-electron chi connectivity index (χ2n) is 8.24. The maximum absolute atomic E-state index is 14.9. The third-order valence-electron chi connectivity index (χ3n) is 6.24. The molecule has 0 aliphatic heterocycles. The van der Waals surface area contributed by atoms with E-state index < -0.39 is 23.6 Å². The highest BCUT2D eigenvalue weighted by molar-refractivity contribution is 7.22. The van der Waals surface area contributed by atoms with Gasteiger partial charge in [0.2, 0.25) is 0 Å². The fourth-order valence-electron chi connectivity index (χ4n) is 4.15. The van der Waals surface area contributed by atoms with E-state index in [9.17, 15) is 19.1 Å². The zero-order valence-corrected chi connectivity index (χ0v) is 19.1. The molecule has 0 bridgehead atoms. The van der Waals surface area contributed by atoms with E-state index in [0.29, 0.717) is 34.8 Å². The van der Waals surface area contributed by atoms with Crippen molar-refractivity contribution in [3.05, 3.63) is 72.0 Å². The summed E-state index contributed by atoms with van der Waals surface area (Å²) in [5.74, 6) is -1.82. The molecule has 1 fully saturated rings. The number of ketones is 1. The van der Waals surface area contributed by atoms with Gasteiger partial charge in [0.1, 0.15) is 11.6 Å². The van der Waals surface area contributed by atoms with Crippen molar-refractivity contribution in [2.75, 3.05) is 12.4 Å². The Bertz CT molecular complexity index is 1400. The van der Waals surface area contributed by atoms with E-state index in [2.05, 4.69) is 10.3 Å². The van der Waals surface area contributed by atoms with Crippen molar-refractivity contribution in [2.24, 2.45) is 11.8 Å². The molecule has 8 heteroatoms. The predicted molar refractivity (Wildman–Crippen MR) is 129 cm³/mol. The van der Waals surface area contributed by atoms with E-state index in [1.54, 1.807) is 43.5 Å². The number of anilines is 2. The molecular formula is C26H21FN2O4S. The number of nitrogens with zero attached hydrogens (tertiary/aromatic N) is 1. The number of carboxylic acids is 1. The van der Waals surface area contributed by atoms with Gasteiger partial charge in [-0.05, 0) is 54.3 Å². The topological polar surface area (TPSA) is 88.5 Å². The smallest absolute Gasteiger partial charge is 0.307 e. The molecule has 172 valence electrons. The van der Waals surface area contributed by atoms with Crippen LogP contribution in [0.3, 0.4) is 0 Å². The Balaban J connectivity index is 1.31. The van der Waals surface area contributed by atoms with Gasteiger partial charge in [-0.2, -0.15) is 0 Å². The maximum Gasteiger partial charge on any atom is 0.307 e. The van der Waals surface area contributed by atoms with Crippen LogP contribution in [0.25, 0.3) is 21.3 Å². The summed E-state index contributed by atoms with van der Waals surface area (Å²) in [5, 5.41) is 12.8. The van der Waals surface area contributed by atoms with Crippen LogP contribution in [-0.4, -0.2) is 29.0 Å². The first-order valence-corrected chi connectivity index (χ1v) is 11.6. The molecule has 1 aromatic heterocycles. The van der Waals surface area contributed by atoms with E-state index in [1.165, 1.54) is 17.4 Å². The van der Waals surface area contributed by atoms with E-state index in [0.717, 1.165) is 21.5 Å². The standard InChI is InChI=1S/C26H21FN2O4S/c1-33-17-7-11-22-23(13-17)34-26(29-22)28-21-10-6-16(12-20(21)27)14-2-4-15(5-3-14)24(30)18-8-9-19(18)25(31)32/h2-7,10-13,18-19H,8-9H2,1H3,(H,28,29)(H,31,32). The van der Waals surface area contributed by atoms with E-state index >= 15 is 0 Å². The lowest BCUT2D eigenvalue weighted by atomic mass is 9.70. The number of carboxylic acid groups (broad SMARTS) is 1. The van der Waals surface area contributed by atoms with Crippen molar-refractivity contribution >= 4 is 44.1 Å². The van der Waals surface area contributed by atoms with Gasteiger partial charge >= 0.3 is 5.97 Å². The van der Waals surface area contributed by atoms with Gasteiger partial charge in [-0.1, -0.05) is 41.7 Å². The summed E-state index contributed by atoms with van der Waals surface area (Å²) >= 11 is 1.41. The van der Waals surface area contributed by atoms with Gasteiger partial charge in [0, 0.05) is 11.5 Å². The number of aliphatic carboxylic acids is 1. The minimum Gasteiger partial charge on any atom is -0.497 e. The summed E-state index contributed by atoms with van der Waals surface area (Å²) in [5.41, 5.74) is 3.02. The highest BCUT2D eigenvalue weighted by atomic mass is 32.1. The van der Waals surface area contributed by atoms with E-state index in [4.69, 9.17) is 4.74 Å². The number of benzene rings is 3. The van der Waals surface area contributed by atoms with Gasteiger partial charge in [-0.25, -0.2) is 9.37 Å². The summed E-state index contributed by atoms with van der Waals surface area (Å²) in [6.07, 6.45) is 1.13. The number of halogens is 1. The Labute approximate surface area is 199 Å². The van der Waals surface area contributed by atoms with Gasteiger partial charge in [-0.3, -0.25) is 9.59 Å². The normalized spacial score (nSPS) is 17.2. The minimum absolute atomic E-state index is 0.149. The molecule has 4 aromatic rings. The number of Topliss-reactive ketones (excluding diaryl/α,β-unsaturated/α-hetero) is 1. The largest absolute Gasteiger partial charge is 0.497 e. The number of ether oxygens (including phenoxy) is 1. The molecule has 34 heavy (non-hydrogen) atoms. The van der Waals surface area contributed by atoms with Crippen LogP contribution in [0.1, 0.15) is 23.2 Å². The quantitative estimate of drug-likeness (QED) is 0.311. The predicted octanol–water partition coefficient (Wildman–Crippen LogP) is 6.15. The Morgan fingerprint density at radius 3 is 2.41 bits per heavy atom. The van der Waals surface area contributed by atoms with Crippen molar-refractivity contribution < 1.29 is 23.8 Å². The van der Waals surface area contributed by atoms with Crippen molar-refractivity contribution in [3.8, 4) is 16.9 Å². The molecule has 2 unspecified atom stereocenters. The number of carbonyl (C=O) groups is 2. The number of aromatic nitrogens is 1. The van der Waals surface area contributed by atoms with Gasteiger partial charge in [-0.15, -0.1) is 0 Å². The molecule has 0 radical (unpaired) electrons. The molecule has 1 saturated carbocycles. The molecule has 1 aliphatic rings. The number of rotatable bonds is 7. The lowest BCUT2D eigenvalue weighted by molar-refractivity contribution is -0.146. The zero-order chi connectivity index (χ0) is 23.8. The fourth-order valence-corrected chi connectivity index (χ4v) is 5.05. The van der Waals surface area contributed by atoms with Crippen LogP contribution in [0.4, 0.5) is 15.2 Å². The highest BCUT2D eigenvalue weighted by Gasteiger charge is 2.41. The molecule has 0 amide bonds. The lowest BCUT2D eigenvalue weighted by Crippen LogP contribution is -2.38. The number of hydrogen-bond donors (Lipinski definition) is 2. The fraction of sp³-hybridized carbons (Fsp3) is 0.192. The van der Waals surface area contributed by atoms with Gasteiger partial charge in [0.05, 0.1) is 28.9 Å². The first kappa shape index (κ1) is 22.0. The third kappa shape index (κ3) is 4.12. The third-order valence-corrected chi connectivity index (χ3v) is 7.17. The number of thiazole rings is 1. The summed E-state index contributed by atoms with van der Waals surface area (Å²) in [4.78, 5) is 28.3. The van der Waals surface area contributed by atoms with Gasteiger partial charge in [0.15, 0.2) is 10.9 Å². The highest BCUT2D eigenvalue weighted by Crippen LogP contribution is 2.37. The van der Waals surface area contributed by atoms with Crippen LogP contribution in [-0.2, 0) is 4.79 Å². The van der Waals surface area contributed by atoms with Crippen molar-refractivity contribution in [2.45, 2.75) is 12.8 Å². The summed E-state index contributed by atoms with van der Waals surface area (Å²) in [6.45, 7) is 0. The molecule has 0 saturated heterocycles. The molecule has 2 atom stereocenters. The summed E-state index contributed by atoms with van der Waals surface area (Å²) in [6, 6.07) is 17.3. The Kier molecular flexibility index (Phi) is 5.75. The lowest BCUT2D eigenvalue weighted by Gasteiger charge is -2.32. The summed E-state index contributed by atoms with van der Waals surface area (Å²) in [7, 11) is 1.60. The average Bonchev–Trinajstić information content (AvgIpc) is 3.21. The summed E-state index contributed by atoms with van der Waals surface area (Å²) < 4.78 is 21.0. The Morgan fingerprint density at radius 2 is 1.76 bits per heavy atom. The molecule has 3 aromatic carbocycles. The van der Waals surface area contributed by atoms with Crippen LogP contribution < -0.4 is 10.1 Å². The van der Waals surface area contributed by atoms with Crippen molar-refractivity contribution in [3.63, 3.8) is 0 Å². The van der Waals surface area contributed by atoms with Crippen LogP contribution in [0.5, 0.6) is 5.75 Å². The number of fused-ring (bicyclic) bond motifs is 1. The van der Waals surface area contributed by atoms with Crippen LogP contribution in [0.15, 0.2) is 60.7 Å². The molecule has 0 spiro atoms. The second-order valence-corrected chi connectivity index (χ2v) is 9.27. The Morgan fingerprint density at radius 1 is 1.03 bits per heavy atom. The van der Waals surface area contributed by atoms with E-state index in [1.807, 2.05) is 18.2 Å². The molecule has 1 heterocycles. The maximum atomic E-state index is 14.9. The monoisotopic (exact) mass is 476 g/mol. The van der Waals surface area contributed by atoms with Gasteiger partial charge < -0.3 is 15.2 Å². The SMILES string of the molecule is COc1ccc2nc(Nc3ccc(-c4ccc(C(=O)C5CCC5C(=O)O)cc4)cc3F)sc2c1. The molecule has 1 aliphatic carbocycles. The van der Waals surface area contributed by atoms with Gasteiger partial charge in [0.25, 0.3) is 0 Å². The molecule has 6 nitrogen and oxygen atoms in total. The van der Waals surface area contributed by atoms with E-state index in [-0.39, 0.29) is 5.78 Å². The first-order chi connectivity index (χ1) is 16.4. The first-order valence-electron chi connectivity index (χ1n) is 10.8. The number of nitrogens with one attached hydrogen (secondary N) is 1. The van der Waals surface area contributed by atoms with Crippen LogP contribution in [0, 0.1) is 17.7 Å². The van der Waals surface area contributed by atoms with Crippen LogP contribution in [0.2, 0.25) is 0 Å². The van der Waals surface area contributed by atoms with Crippen molar-refractivity contribution in [1.29, 1.82) is 0 Å². The zero-order valence-electron chi connectivity index (χ0n) is 18.2.